The summed E-state index contributed by atoms with van der Waals surface area (Å²) in [5, 5.41) is 9.26. The number of aliphatic carboxylic acids is 1. The summed E-state index contributed by atoms with van der Waals surface area (Å²) in [7, 11) is 0. The van der Waals surface area contributed by atoms with Gasteiger partial charge in [0.2, 0.25) is 5.67 Å². The van der Waals surface area contributed by atoms with Gasteiger partial charge in [-0.3, -0.25) is 9.59 Å². The summed E-state index contributed by atoms with van der Waals surface area (Å²) in [6.45, 7) is 0.679. The molecule has 39 heavy (non-hydrogen) atoms. The molecule has 1 N–H and O–H groups in total. The van der Waals surface area contributed by atoms with Crippen LogP contribution in [0.1, 0.15) is 61.3 Å². The van der Waals surface area contributed by atoms with Crippen molar-refractivity contribution in [1.82, 2.24) is 4.90 Å². The molecule has 5 rings (SSSR count). The van der Waals surface area contributed by atoms with Gasteiger partial charge in [0.15, 0.2) is 5.67 Å². The highest BCUT2D eigenvalue weighted by Crippen LogP contribution is 2.53. The van der Waals surface area contributed by atoms with Crippen LogP contribution in [0.15, 0.2) is 42.5 Å². The van der Waals surface area contributed by atoms with Crippen molar-refractivity contribution in [3.63, 3.8) is 0 Å². The molecular weight excluding hydrogens is 524 g/mol. The summed E-state index contributed by atoms with van der Waals surface area (Å²) in [6, 6.07) is 9.00. The third kappa shape index (κ3) is 4.49. The normalized spacial score (nSPS) is 30.0. The van der Waals surface area contributed by atoms with Crippen molar-refractivity contribution in [2.45, 2.75) is 80.8 Å². The summed E-state index contributed by atoms with van der Waals surface area (Å²) >= 11 is 0. The van der Waals surface area contributed by atoms with Crippen LogP contribution < -0.4 is 0 Å². The summed E-state index contributed by atoms with van der Waals surface area (Å²) in [5.74, 6) is -2.91. The zero-order valence-electron chi connectivity index (χ0n) is 21.3. The zero-order valence-corrected chi connectivity index (χ0v) is 21.3. The van der Waals surface area contributed by atoms with E-state index in [1.807, 2.05) is 0 Å². The number of rotatable bonds is 5. The first-order chi connectivity index (χ1) is 18.2. The minimum Gasteiger partial charge on any atom is -0.481 e. The van der Waals surface area contributed by atoms with Crippen molar-refractivity contribution < 1.29 is 41.0 Å². The summed E-state index contributed by atoms with van der Waals surface area (Å²) in [4.78, 5) is 26.4. The molecule has 0 radical (unpaired) electrons. The molecule has 2 fully saturated rings. The Kier molecular flexibility index (Phi) is 6.54. The fourth-order valence-electron chi connectivity index (χ4n) is 6.78. The minimum absolute atomic E-state index is 0.0346. The third-order valence-electron chi connectivity index (χ3n) is 9.15. The van der Waals surface area contributed by atoms with E-state index in [0.717, 1.165) is 11.6 Å². The second-order valence-corrected chi connectivity index (χ2v) is 11.4. The van der Waals surface area contributed by atoms with Crippen LogP contribution >= 0.6 is 0 Å². The predicted molar refractivity (Wildman–Crippen MR) is 130 cm³/mol. The molecule has 3 atom stereocenters. The molecule has 1 saturated carbocycles. The molecule has 1 saturated heterocycles. The molecule has 10 heteroatoms. The van der Waals surface area contributed by atoms with E-state index in [0.29, 0.717) is 30.9 Å². The second-order valence-electron chi connectivity index (χ2n) is 11.4. The van der Waals surface area contributed by atoms with Gasteiger partial charge in [0.25, 0.3) is 5.91 Å². The molecular formula is C29H29F6NO3. The quantitative estimate of drug-likeness (QED) is 0.449. The van der Waals surface area contributed by atoms with Crippen molar-refractivity contribution in [3.8, 4) is 0 Å². The Labute approximate surface area is 222 Å². The fraction of sp³-hybridized carbons (Fsp3) is 0.517. The number of benzene rings is 2. The first-order valence-electron chi connectivity index (χ1n) is 13.0. The second kappa shape index (κ2) is 9.27. The Balaban J connectivity index is 1.51. The number of nitrogens with zero attached hydrogens (tertiary/aromatic N) is 1. The van der Waals surface area contributed by atoms with Crippen LogP contribution in [0.2, 0.25) is 0 Å². The lowest BCUT2D eigenvalue weighted by Crippen LogP contribution is -2.52. The smallest absolute Gasteiger partial charge is 0.426 e. The van der Waals surface area contributed by atoms with Crippen LogP contribution in [-0.2, 0) is 33.5 Å². The van der Waals surface area contributed by atoms with Gasteiger partial charge in [0, 0.05) is 18.0 Å². The lowest BCUT2D eigenvalue weighted by Gasteiger charge is -2.38. The Morgan fingerprint density at radius 3 is 2.26 bits per heavy atom. The van der Waals surface area contributed by atoms with Crippen LogP contribution in [0.5, 0.6) is 0 Å². The Morgan fingerprint density at radius 2 is 1.67 bits per heavy atom. The maximum Gasteiger partial charge on any atom is 0.426 e. The molecule has 0 aromatic heterocycles. The number of amides is 1. The number of carbonyl (C=O) groups excluding carboxylic acids is 1. The number of likely N-dealkylation sites (tertiary alicyclic amines) is 1. The average Bonchev–Trinajstić information content (AvgIpc) is 3.37. The predicted octanol–water partition coefficient (Wildman–Crippen LogP) is 6.19. The summed E-state index contributed by atoms with van der Waals surface area (Å²) in [5.41, 5.74) is -5.24. The molecule has 2 aliphatic carbocycles. The molecule has 3 unspecified atom stereocenters. The molecule has 0 spiro atoms. The molecule has 1 aliphatic heterocycles. The summed E-state index contributed by atoms with van der Waals surface area (Å²) < 4.78 is 84.8. The van der Waals surface area contributed by atoms with E-state index in [1.165, 1.54) is 29.2 Å². The first-order valence-corrected chi connectivity index (χ1v) is 13.0. The van der Waals surface area contributed by atoms with E-state index in [4.69, 9.17) is 0 Å². The molecule has 2 aromatic rings. The number of halogens is 6. The molecule has 4 nitrogen and oxygen atoms in total. The van der Waals surface area contributed by atoms with Crippen LogP contribution in [0, 0.1) is 11.7 Å². The number of carboxylic acid groups (broad SMARTS) is 1. The highest BCUT2D eigenvalue weighted by Gasteiger charge is 2.59. The molecule has 0 bridgehead atoms. The van der Waals surface area contributed by atoms with E-state index >= 15 is 4.39 Å². The minimum atomic E-state index is -5.13. The topological polar surface area (TPSA) is 57.6 Å². The van der Waals surface area contributed by atoms with Crippen molar-refractivity contribution >= 4 is 11.9 Å². The number of hydrogen-bond acceptors (Lipinski definition) is 2. The zero-order chi connectivity index (χ0) is 28.4. The lowest BCUT2D eigenvalue weighted by atomic mass is 9.73. The number of carboxylic acids is 1. The van der Waals surface area contributed by atoms with Crippen molar-refractivity contribution in [2.75, 3.05) is 6.54 Å². The molecule has 1 amide bonds. The SMILES string of the molecule is CC(F)(c1ccc2c(c1)CC1N(C(=O)[C@]3(F)CC[C@@H](C(=O)O)CC3)CCC21Cc1ccc(F)cc1)C(F)(F)F. The molecule has 1 heterocycles. The fourth-order valence-corrected chi connectivity index (χ4v) is 6.78. The van der Waals surface area contributed by atoms with Crippen LogP contribution in [0.4, 0.5) is 26.3 Å². The van der Waals surface area contributed by atoms with Gasteiger partial charge in [-0.25, -0.2) is 13.2 Å². The van der Waals surface area contributed by atoms with E-state index < -0.39 is 58.1 Å². The van der Waals surface area contributed by atoms with E-state index in [2.05, 4.69) is 0 Å². The van der Waals surface area contributed by atoms with Crippen molar-refractivity contribution in [1.29, 1.82) is 0 Å². The largest absolute Gasteiger partial charge is 0.481 e. The van der Waals surface area contributed by atoms with E-state index in [1.54, 1.807) is 12.1 Å². The average molecular weight is 554 g/mol. The van der Waals surface area contributed by atoms with Crippen molar-refractivity contribution in [3.05, 3.63) is 70.5 Å². The van der Waals surface area contributed by atoms with Crippen LogP contribution in [0.3, 0.4) is 0 Å². The maximum atomic E-state index is 16.0. The number of fused-ring (bicyclic) bond motifs is 3. The van der Waals surface area contributed by atoms with Gasteiger partial charge in [-0.2, -0.15) is 13.2 Å². The van der Waals surface area contributed by atoms with Crippen LogP contribution in [-0.4, -0.2) is 46.3 Å². The van der Waals surface area contributed by atoms with Gasteiger partial charge >= 0.3 is 12.1 Å². The highest BCUT2D eigenvalue weighted by molar-refractivity contribution is 5.87. The number of hydrogen-bond donors (Lipinski definition) is 1. The lowest BCUT2D eigenvalue weighted by molar-refractivity contribution is -0.228. The van der Waals surface area contributed by atoms with Crippen LogP contribution in [0.25, 0.3) is 0 Å². The molecule has 2 aromatic carbocycles. The van der Waals surface area contributed by atoms with Crippen molar-refractivity contribution in [2.24, 2.45) is 5.92 Å². The monoisotopic (exact) mass is 553 g/mol. The molecule has 3 aliphatic rings. The third-order valence-corrected chi connectivity index (χ3v) is 9.15. The van der Waals surface area contributed by atoms with Gasteiger partial charge < -0.3 is 10.0 Å². The van der Waals surface area contributed by atoms with Gasteiger partial charge in [-0.1, -0.05) is 30.3 Å². The summed E-state index contributed by atoms with van der Waals surface area (Å²) in [6.07, 6.45) is -4.65. The number of carbonyl (C=O) groups is 2. The standard InChI is InChI=1S/C29H29F6NO3/c1-26(31,29(33,34)35)20-4-7-22-19(14-20)15-23-27(22,16-17-2-5-21(30)6-3-17)12-13-36(23)25(39)28(32)10-8-18(9-11-28)24(37)38/h2-7,14,18,23H,8-13,15-16H2,1H3,(H,37,38)/t18-,23?,26?,27?,28+. The Bertz CT molecular complexity index is 1280. The first kappa shape index (κ1) is 27.5. The van der Waals surface area contributed by atoms with Gasteiger partial charge in [-0.15, -0.1) is 0 Å². The van der Waals surface area contributed by atoms with Gasteiger partial charge in [0.1, 0.15) is 5.82 Å². The van der Waals surface area contributed by atoms with E-state index in [-0.39, 0.29) is 38.6 Å². The van der Waals surface area contributed by atoms with Gasteiger partial charge in [0.05, 0.1) is 5.92 Å². The number of alkyl halides is 5. The van der Waals surface area contributed by atoms with Gasteiger partial charge in [-0.05, 0) is 86.3 Å². The van der Waals surface area contributed by atoms with E-state index in [9.17, 15) is 36.6 Å². The highest BCUT2D eigenvalue weighted by atomic mass is 19.4. The Hall–Kier alpha value is -3.04. The maximum absolute atomic E-state index is 16.0. The molecule has 210 valence electrons. The Morgan fingerprint density at radius 1 is 1.03 bits per heavy atom.